The number of methoxy groups -OCH3 is 1. The second-order valence-corrected chi connectivity index (χ2v) is 6.57. The molecule has 0 aliphatic rings. The van der Waals surface area contributed by atoms with Gasteiger partial charge in [-0.15, -0.1) is 0 Å². The number of carbonyl (C=O) groups excluding carboxylic acids is 1. The predicted molar refractivity (Wildman–Crippen MR) is 73.6 cm³/mol. The predicted octanol–water partition coefficient (Wildman–Crippen LogP) is 0.168. The van der Waals surface area contributed by atoms with Crippen LogP contribution in [0.3, 0.4) is 0 Å². The van der Waals surface area contributed by atoms with Gasteiger partial charge in [0.25, 0.3) is 0 Å². The molecule has 0 aromatic heterocycles. The van der Waals surface area contributed by atoms with Crippen molar-refractivity contribution in [2.75, 3.05) is 7.11 Å². The summed E-state index contributed by atoms with van der Waals surface area (Å²) in [5.41, 5.74) is 5.39. The molecule has 0 spiro atoms. The van der Waals surface area contributed by atoms with Crippen LogP contribution in [0.15, 0.2) is 0 Å². The molecule has 0 aliphatic heterocycles. The van der Waals surface area contributed by atoms with Crippen molar-refractivity contribution in [1.29, 1.82) is 0 Å². The molecule has 0 aromatic rings. The van der Waals surface area contributed by atoms with E-state index in [-0.39, 0.29) is 17.3 Å². The number of sulfonamides is 1. The van der Waals surface area contributed by atoms with Gasteiger partial charge in [-0.3, -0.25) is 4.79 Å². The molecule has 2 atom stereocenters. The molecule has 0 bridgehead atoms. The largest absolute Gasteiger partial charge is 0.468 e. The van der Waals surface area contributed by atoms with E-state index < -0.39 is 27.3 Å². The summed E-state index contributed by atoms with van der Waals surface area (Å²) in [5.74, 6) is -0.873. The normalized spacial score (nSPS) is 15.2. The van der Waals surface area contributed by atoms with Crippen LogP contribution in [0.25, 0.3) is 0 Å². The van der Waals surface area contributed by atoms with Crippen LogP contribution >= 0.6 is 12.2 Å². The lowest BCUT2D eigenvalue weighted by Gasteiger charge is -2.23. The molecular weight excluding hydrogens is 276 g/mol. The Morgan fingerprint density at radius 3 is 2.22 bits per heavy atom. The third-order valence-corrected chi connectivity index (χ3v) is 4.83. The van der Waals surface area contributed by atoms with Crippen molar-refractivity contribution in [3.05, 3.63) is 0 Å². The van der Waals surface area contributed by atoms with E-state index in [1.807, 2.05) is 0 Å². The molecular formula is C10H20N2O4S2. The number of nitrogens with two attached hydrogens (primary N) is 1. The second kappa shape index (κ2) is 7.01. The third-order valence-electron chi connectivity index (χ3n) is 2.48. The van der Waals surface area contributed by atoms with Crippen LogP contribution in [0.2, 0.25) is 0 Å². The van der Waals surface area contributed by atoms with Crippen molar-refractivity contribution >= 4 is 33.2 Å². The van der Waals surface area contributed by atoms with E-state index in [0.717, 1.165) is 0 Å². The van der Waals surface area contributed by atoms with E-state index in [0.29, 0.717) is 0 Å². The minimum Gasteiger partial charge on any atom is -0.468 e. The number of ether oxygens (including phenoxy) is 1. The monoisotopic (exact) mass is 296 g/mol. The molecule has 0 radical (unpaired) electrons. The molecule has 18 heavy (non-hydrogen) atoms. The zero-order valence-corrected chi connectivity index (χ0v) is 12.6. The third kappa shape index (κ3) is 4.51. The molecule has 2 unspecified atom stereocenters. The zero-order chi connectivity index (χ0) is 14.5. The number of nitrogens with one attached hydrogen (secondary N) is 1. The number of esters is 1. The molecule has 0 fully saturated rings. The quantitative estimate of drug-likeness (QED) is 0.513. The van der Waals surface area contributed by atoms with Gasteiger partial charge in [-0.25, -0.2) is 13.1 Å². The standard InChI is InChI=1S/C10H20N2O4S2/c1-5-7(9(11)17)18(14,15)12-8(6(2)3)10(13)16-4/h6-8,12H,5H2,1-4H3,(H2,11,17). The van der Waals surface area contributed by atoms with Gasteiger partial charge >= 0.3 is 5.97 Å². The summed E-state index contributed by atoms with van der Waals surface area (Å²) in [6, 6.07) is -0.941. The number of hydrogen-bond acceptors (Lipinski definition) is 5. The summed E-state index contributed by atoms with van der Waals surface area (Å²) in [7, 11) is -2.58. The number of rotatable bonds is 7. The minimum atomic E-state index is -3.79. The van der Waals surface area contributed by atoms with Crippen molar-refractivity contribution in [3.63, 3.8) is 0 Å². The van der Waals surface area contributed by atoms with Crippen molar-refractivity contribution < 1.29 is 17.9 Å². The summed E-state index contributed by atoms with van der Waals surface area (Å²) in [6.07, 6.45) is 0.247. The maximum Gasteiger partial charge on any atom is 0.324 e. The van der Waals surface area contributed by atoms with Gasteiger partial charge in [-0.2, -0.15) is 0 Å². The lowest BCUT2D eigenvalue weighted by molar-refractivity contribution is -0.143. The summed E-state index contributed by atoms with van der Waals surface area (Å²) in [4.78, 5) is 11.4. The maximum atomic E-state index is 12.1. The second-order valence-electron chi connectivity index (χ2n) is 4.21. The Hall–Kier alpha value is -0.730. The van der Waals surface area contributed by atoms with Crippen LogP contribution in [0.5, 0.6) is 0 Å². The first kappa shape index (κ1) is 17.3. The van der Waals surface area contributed by atoms with Crippen LogP contribution in [-0.4, -0.2) is 37.8 Å². The Labute approximate surface area is 113 Å². The topological polar surface area (TPSA) is 98.5 Å². The first-order chi connectivity index (χ1) is 8.17. The Morgan fingerprint density at radius 1 is 1.44 bits per heavy atom. The first-order valence-corrected chi connectivity index (χ1v) is 7.51. The van der Waals surface area contributed by atoms with E-state index in [2.05, 4.69) is 9.46 Å². The average Bonchev–Trinajstić information content (AvgIpc) is 2.24. The Morgan fingerprint density at radius 2 is 1.94 bits per heavy atom. The van der Waals surface area contributed by atoms with Crippen LogP contribution in [0.1, 0.15) is 27.2 Å². The molecule has 6 nitrogen and oxygen atoms in total. The lowest BCUT2D eigenvalue weighted by atomic mass is 10.1. The van der Waals surface area contributed by atoms with Gasteiger partial charge in [0.15, 0.2) is 0 Å². The molecule has 3 N–H and O–H groups in total. The minimum absolute atomic E-state index is 0.114. The molecule has 0 aliphatic carbocycles. The van der Waals surface area contributed by atoms with Crippen LogP contribution in [0, 0.1) is 5.92 Å². The molecule has 0 saturated carbocycles. The molecule has 8 heteroatoms. The van der Waals surface area contributed by atoms with E-state index in [4.69, 9.17) is 18.0 Å². The molecule has 0 aromatic carbocycles. The van der Waals surface area contributed by atoms with Crippen LogP contribution in [0.4, 0.5) is 0 Å². The first-order valence-electron chi connectivity index (χ1n) is 5.55. The van der Waals surface area contributed by atoms with Crippen LogP contribution in [-0.2, 0) is 19.6 Å². The molecule has 0 amide bonds. The van der Waals surface area contributed by atoms with Gasteiger partial charge in [0, 0.05) is 0 Å². The molecule has 0 saturated heterocycles. The van der Waals surface area contributed by atoms with Crippen LogP contribution < -0.4 is 10.5 Å². The molecule has 106 valence electrons. The van der Waals surface area contributed by atoms with Gasteiger partial charge in [0.2, 0.25) is 10.0 Å². The Kier molecular flexibility index (Phi) is 6.72. The smallest absolute Gasteiger partial charge is 0.324 e. The van der Waals surface area contributed by atoms with E-state index in [9.17, 15) is 13.2 Å². The van der Waals surface area contributed by atoms with Gasteiger partial charge in [-0.05, 0) is 12.3 Å². The maximum absolute atomic E-state index is 12.1. The highest BCUT2D eigenvalue weighted by Gasteiger charge is 2.33. The van der Waals surface area contributed by atoms with Crippen molar-refractivity contribution in [1.82, 2.24) is 4.72 Å². The lowest BCUT2D eigenvalue weighted by Crippen LogP contribution is -2.50. The average molecular weight is 296 g/mol. The highest BCUT2D eigenvalue weighted by atomic mass is 32.2. The fourth-order valence-corrected chi connectivity index (χ4v) is 3.59. The molecule has 0 heterocycles. The van der Waals surface area contributed by atoms with Gasteiger partial charge in [0.05, 0.1) is 12.1 Å². The van der Waals surface area contributed by atoms with Crippen molar-refractivity contribution in [2.45, 2.75) is 38.5 Å². The van der Waals surface area contributed by atoms with Gasteiger partial charge in [0.1, 0.15) is 11.3 Å². The Bertz CT molecular complexity index is 406. The van der Waals surface area contributed by atoms with E-state index in [1.54, 1.807) is 20.8 Å². The number of hydrogen-bond donors (Lipinski definition) is 2. The SMILES string of the molecule is CCC(C(N)=S)S(=O)(=O)NC(C(=O)OC)C(C)C. The van der Waals surface area contributed by atoms with Gasteiger partial charge in [-0.1, -0.05) is 33.0 Å². The van der Waals surface area contributed by atoms with E-state index in [1.165, 1.54) is 7.11 Å². The fraction of sp³-hybridized carbons (Fsp3) is 0.800. The number of thiocarbonyl (C=S) groups is 1. The zero-order valence-electron chi connectivity index (χ0n) is 11.0. The summed E-state index contributed by atoms with van der Waals surface area (Å²) < 4.78 is 31.0. The fourth-order valence-electron chi connectivity index (χ4n) is 1.42. The summed E-state index contributed by atoms with van der Waals surface area (Å²) >= 11 is 4.72. The summed E-state index contributed by atoms with van der Waals surface area (Å²) in [5, 5.41) is -0.988. The van der Waals surface area contributed by atoms with Crippen molar-refractivity contribution in [2.24, 2.45) is 11.7 Å². The van der Waals surface area contributed by atoms with Gasteiger partial charge < -0.3 is 10.5 Å². The summed E-state index contributed by atoms with van der Waals surface area (Å²) in [6.45, 7) is 5.09. The Balaban J connectivity index is 5.14. The van der Waals surface area contributed by atoms with E-state index >= 15 is 0 Å². The van der Waals surface area contributed by atoms with Crippen molar-refractivity contribution in [3.8, 4) is 0 Å². The number of carbonyl (C=O) groups is 1. The highest BCUT2D eigenvalue weighted by molar-refractivity contribution is 7.93. The highest BCUT2D eigenvalue weighted by Crippen LogP contribution is 2.10. The molecule has 0 rings (SSSR count).